The Balaban J connectivity index is 1.87. The minimum atomic E-state index is -0.586. The molecular weight excluding hydrogens is 468 g/mol. The molecule has 1 aromatic heterocycles. The third-order valence-corrected chi connectivity index (χ3v) is 5.24. The summed E-state index contributed by atoms with van der Waals surface area (Å²) in [5.74, 6) is 0.744. The van der Waals surface area contributed by atoms with Crippen molar-refractivity contribution in [2.75, 3.05) is 21.3 Å². The predicted molar refractivity (Wildman–Crippen MR) is 119 cm³/mol. The normalized spacial score (nSPS) is 10.8. The van der Waals surface area contributed by atoms with E-state index in [9.17, 15) is 9.59 Å². The molecule has 7 nitrogen and oxygen atoms in total. The van der Waals surface area contributed by atoms with Gasteiger partial charge in [-0.2, -0.15) is 0 Å². The van der Waals surface area contributed by atoms with Gasteiger partial charge in [0.15, 0.2) is 11.5 Å². The molecule has 0 unspecified atom stereocenters. The molecule has 0 saturated heterocycles. The first-order valence-electron chi connectivity index (χ1n) is 9.14. The van der Waals surface area contributed by atoms with Crippen LogP contribution in [0.25, 0.3) is 21.7 Å². The van der Waals surface area contributed by atoms with Crippen LogP contribution in [0.1, 0.15) is 10.4 Å². The van der Waals surface area contributed by atoms with Gasteiger partial charge >= 0.3 is 11.6 Å². The maximum Gasteiger partial charge on any atom is 0.344 e. The van der Waals surface area contributed by atoms with Crippen LogP contribution in [-0.2, 0) is 0 Å². The van der Waals surface area contributed by atoms with Crippen molar-refractivity contribution in [3.05, 3.63) is 69.0 Å². The van der Waals surface area contributed by atoms with Crippen LogP contribution in [0.5, 0.6) is 23.0 Å². The Morgan fingerprint density at radius 3 is 2.35 bits per heavy atom. The highest BCUT2D eigenvalue weighted by Crippen LogP contribution is 2.45. The van der Waals surface area contributed by atoms with E-state index in [-0.39, 0.29) is 16.7 Å². The Hall–Kier alpha value is -3.52. The van der Waals surface area contributed by atoms with Crippen LogP contribution in [0.3, 0.4) is 0 Å². The fourth-order valence-electron chi connectivity index (χ4n) is 3.38. The largest absolute Gasteiger partial charge is 0.493 e. The molecule has 3 aromatic carbocycles. The van der Waals surface area contributed by atoms with E-state index in [0.717, 1.165) is 4.47 Å². The topological polar surface area (TPSA) is 84.2 Å². The molecule has 8 heteroatoms. The zero-order chi connectivity index (χ0) is 22.1. The van der Waals surface area contributed by atoms with E-state index in [2.05, 4.69) is 15.9 Å². The number of fused-ring (bicyclic) bond motifs is 3. The molecule has 0 aliphatic carbocycles. The highest BCUT2D eigenvalue weighted by molar-refractivity contribution is 9.10. The van der Waals surface area contributed by atoms with E-state index < -0.39 is 11.6 Å². The van der Waals surface area contributed by atoms with Gasteiger partial charge in [0.2, 0.25) is 5.75 Å². The summed E-state index contributed by atoms with van der Waals surface area (Å²) in [6.45, 7) is 0. The Bertz CT molecular complexity index is 1370. The fraction of sp³-hybridized carbons (Fsp3) is 0.130. The Labute approximate surface area is 185 Å². The van der Waals surface area contributed by atoms with E-state index in [4.69, 9.17) is 23.4 Å². The Morgan fingerprint density at radius 2 is 1.68 bits per heavy atom. The monoisotopic (exact) mass is 484 g/mol. The van der Waals surface area contributed by atoms with E-state index >= 15 is 0 Å². The molecule has 4 aromatic rings. The second-order valence-electron chi connectivity index (χ2n) is 6.52. The number of hydrogen-bond acceptors (Lipinski definition) is 7. The molecule has 0 N–H and O–H groups in total. The summed E-state index contributed by atoms with van der Waals surface area (Å²) in [5, 5.41) is 1.38. The van der Waals surface area contributed by atoms with Crippen molar-refractivity contribution < 1.29 is 28.2 Å². The minimum absolute atomic E-state index is 0.236. The van der Waals surface area contributed by atoms with Crippen LogP contribution in [0.4, 0.5) is 0 Å². The smallest absolute Gasteiger partial charge is 0.344 e. The molecule has 0 spiro atoms. The average Bonchev–Trinajstić information content (AvgIpc) is 2.77. The Morgan fingerprint density at radius 1 is 0.903 bits per heavy atom. The zero-order valence-electron chi connectivity index (χ0n) is 16.9. The first-order valence-corrected chi connectivity index (χ1v) is 9.93. The molecule has 0 aliphatic rings. The van der Waals surface area contributed by atoms with Crippen LogP contribution in [0, 0.1) is 0 Å². The summed E-state index contributed by atoms with van der Waals surface area (Å²) in [4.78, 5) is 25.1. The summed E-state index contributed by atoms with van der Waals surface area (Å²) in [6.07, 6.45) is 0. The summed E-state index contributed by atoms with van der Waals surface area (Å²) in [6, 6.07) is 13.2. The highest BCUT2D eigenvalue weighted by atomic mass is 79.9. The van der Waals surface area contributed by atoms with Gasteiger partial charge in [-0.05, 0) is 36.4 Å². The van der Waals surface area contributed by atoms with Crippen LogP contribution < -0.4 is 24.6 Å². The van der Waals surface area contributed by atoms with E-state index in [1.165, 1.54) is 27.4 Å². The van der Waals surface area contributed by atoms with Crippen molar-refractivity contribution in [3.63, 3.8) is 0 Å². The maximum absolute atomic E-state index is 12.7. The van der Waals surface area contributed by atoms with Crippen molar-refractivity contribution in [2.45, 2.75) is 0 Å². The standard InChI is InChI=1S/C23H17BrO7/c1-27-18-11-16-19(21(29-3)20(18)28-2)15-8-7-14(10-17(15)31-23(16)26)30-22(25)12-5-4-6-13(24)9-12/h4-11H,1-3H3. The van der Waals surface area contributed by atoms with Crippen molar-refractivity contribution >= 4 is 43.6 Å². The lowest BCUT2D eigenvalue weighted by Crippen LogP contribution is -2.08. The number of benzene rings is 3. The lowest BCUT2D eigenvalue weighted by Gasteiger charge is -2.15. The van der Waals surface area contributed by atoms with Crippen LogP contribution >= 0.6 is 15.9 Å². The number of rotatable bonds is 5. The zero-order valence-corrected chi connectivity index (χ0v) is 18.4. The van der Waals surface area contributed by atoms with Gasteiger partial charge in [0, 0.05) is 21.3 Å². The van der Waals surface area contributed by atoms with Gasteiger partial charge in [-0.15, -0.1) is 0 Å². The number of carbonyl (C=O) groups excluding carboxylic acids is 1. The van der Waals surface area contributed by atoms with E-state index in [1.807, 2.05) is 6.07 Å². The number of halogens is 1. The highest BCUT2D eigenvalue weighted by Gasteiger charge is 2.21. The van der Waals surface area contributed by atoms with Crippen molar-refractivity contribution in [1.82, 2.24) is 0 Å². The molecule has 0 fully saturated rings. The number of ether oxygens (including phenoxy) is 4. The molecule has 1 heterocycles. The first kappa shape index (κ1) is 20.7. The van der Waals surface area contributed by atoms with Crippen LogP contribution in [0.15, 0.2) is 62.2 Å². The molecule has 0 radical (unpaired) electrons. The molecule has 4 rings (SSSR count). The van der Waals surface area contributed by atoms with Gasteiger partial charge in [-0.3, -0.25) is 0 Å². The second-order valence-corrected chi connectivity index (χ2v) is 7.43. The average molecular weight is 485 g/mol. The van der Waals surface area contributed by atoms with Gasteiger partial charge < -0.3 is 23.4 Å². The maximum atomic E-state index is 12.7. The summed E-state index contributed by atoms with van der Waals surface area (Å²) in [5.41, 5.74) is 0.0349. The van der Waals surface area contributed by atoms with Crippen molar-refractivity contribution in [1.29, 1.82) is 0 Å². The molecule has 31 heavy (non-hydrogen) atoms. The molecule has 158 valence electrons. The number of hydrogen-bond donors (Lipinski definition) is 0. The SMILES string of the molecule is COc1cc2c(=O)oc3cc(OC(=O)c4cccc(Br)c4)ccc3c2c(OC)c1OC. The van der Waals surface area contributed by atoms with E-state index in [1.54, 1.807) is 36.4 Å². The van der Waals surface area contributed by atoms with Gasteiger partial charge in [-0.1, -0.05) is 22.0 Å². The Kier molecular flexibility index (Phi) is 5.56. The number of carbonyl (C=O) groups is 1. The van der Waals surface area contributed by atoms with Crippen LogP contribution in [-0.4, -0.2) is 27.3 Å². The molecule has 0 bridgehead atoms. The fourth-order valence-corrected chi connectivity index (χ4v) is 3.78. The second kappa shape index (κ2) is 8.31. The number of esters is 1. The number of methoxy groups -OCH3 is 3. The lowest BCUT2D eigenvalue weighted by molar-refractivity contribution is 0.0735. The summed E-state index contributed by atoms with van der Waals surface area (Å²) < 4.78 is 28.0. The van der Waals surface area contributed by atoms with Crippen molar-refractivity contribution in [2.24, 2.45) is 0 Å². The molecule has 0 saturated carbocycles. The molecule has 0 atom stereocenters. The van der Waals surface area contributed by atoms with Crippen molar-refractivity contribution in [3.8, 4) is 23.0 Å². The van der Waals surface area contributed by atoms with E-state index in [0.29, 0.717) is 33.6 Å². The molecule has 0 aliphatic heterocycles. The first-order chi connectivity index (χ1) is 15.0. The minimum Gasteiger partial charge on any atom is -0.493 e. The third kappa shape index (κ3) is 3.70. The van der Waals surface area contributed by atoms with Gasteiger partial charge in [0.1, 0.15) is 11.3 Å². The summed E-state index contributed by atoms with van der Waals surface area (Å²) >= 11 is 3.33. The molecular formula is C23H17BrO7. The third-order valence-electron chi connectivity index (χ3n) is 4.75. The van der Waals surface area contributed by atoms with Crippen LogP contribution in [0.2, 0.25) is 0 Å². The summed E-state index contributed by atoms with van der Waals surface area (Å²) in [7, 11) is 4.43. The predicted octanol–water partition coefficient (Wildman–Crippen LogP) is 4.95. The molecule has 0 amide bonds. The van der Waals surface area contributed by atoms with Gasteiger partial charge in [-0.25, -0.2) is 9.59 Å². The quantitative estimate of drug-likeness (QED) is 0.171. The van der Waals surface area contributed by atoms with Gasteiger partial charge in [0.05, 0.1) is 32.3 Å². The van der Waals surface area contributed by atoms with Gasteiger partial charge in [0.25, 0.3) is 0 Å². The lowest BCUT2D eigenvalue weighted by atomic mass is 10.0.